The van der Waals surface area contributed by atoms with E-state index in [-0.39, 0.29) is 17.7 Å². The van der Waals surface area contributed by atoms with Gasteiger partial charge in [-0.25, -0.2) is 4.39 Å². The summed E-state index contributed by atoms with van der Waals surface area (Å²) < 4.78 is 19.3. The lowest BCUT2D eigenvalue weighted by Gasteiger charge is -2.18. The zero-order chi connectivity index (χ0) is 15.4. The number of aromatic nitrogens is 3. The van der Waals surface area contributed by atoms with Crippen molar-refractivity contribution in [3.63, 3.8) is 0 Å². The summed E-state index contributed by atoms with van der Waals surface area (Å²) in [7, 11) is 0. The molecule has 0 saturated heterocycles. The molecule has 0 spiro atoms. The van der Waals surface area contributed by atoms with Gasteiger partial charge in [0.15, 0.2) is 0 Å². The van der Waals surface area contributed by atoms with Crippen LogP contribution in [0.3, 0.4) is 0 Å². The first-order chi connectivity index (χ1) is 10.0. The highest BCUT2D eigenvalue weighted by molar-refractivity contribution is 9.10. The van der Waals surface area contributed by atoms with Crippen LogP contribution in [0, 0.1) is 5.82 Å². The van der Waals surface area contributed by atoms with Crippen molar-refractivity contribution in [1.29, 1.82) is 0 Å². The number of halogens is 2. The Morgan fingerprint density at radius 2 is 1.95 bits per heavy atom. The van der Waals surface area contributed by atoms with Crippen LogP contribution >= 0.6 is 15.9 Å². The standard InChI is InChI=1S/C13H15BrFN5O/c1-3-20(4-2)12-17-11(16)18-13(19-12)21-10-7-8(15)5-6-9(10)14/h5-7H,3-4H2,1-2H3,(H2,16,17,18,19). The van der Waals surface area contributed by atoms with Gasteiger partial charge in [0.05, 0.1) is 4.47 Å². The Balaban J connectivity index is 2.34. The molecule has 1 aromatic carbocycles. The van der Waals surface area contributed by atoms with Crippen LogP contribution in [0.1, 0.15) is 13.8 Å². The van der Waals surface area contributed by atoms with E-state index in [1.165, 1.54) is 12.1 Å². The van der Waals surface area contributed by atoms with Crippen LogP contribution in [-0.4, -0.2) is 28.0 Å². The van der Waals surface area contributed by atoms with Gasteiger partial charge in [-0.3, -0.25) is 0 Å². The molecule has 0 radical (unpaired) electrons. The second-order valence-corrected chi connectivity index (χ2v) is 4.98. The molecule has 0 amide bonds. The number of anilines is 2. The van der Waals surface area contributed by atoms with Gasteiger partial charge in [0.25, 0.3) is 0 Å². The Kier molecular flexibility index (Phi) is 4.89. The highest BCUT2D eigenvalue weighted by Crippen LogP contribution is 2.29. The van der Waals surface area contributed by atoms with Crippen LogP contribution in [0.2, 0.25) is 0 Å². The third kappa shape index (κ3) is 3.78. The molecule has 0 bridgehead atoms. The maximum Gasteiger partial charge on any atom is 0.328 e. The normalized spacial score (nSPS) is 10.5. The molecule has 2 aromatic rings. The van der Waals surface area contributed by atoms with Gasteiger partial charge < -0.3 is 15.4 Å². The lowest BCUT2D eigenvalue weighted by molar-refractivity contribution is 0.434. The zero-order valence-electron chi connectivity index (χ0n) is 11.7. The molecule has 2 rings (SSSR count). The van der Waals surface area contributed by atoms with Crippen LogP contribution in [-0.2, 0) is 0 Å². The topological polar surface area (TPSA) is 77.2 Å². The summed E-state index contributed by atoms with van der Waals surface area (Å²) in [6, 6.07) is 4.12. The third-order valence-electron chi connectivity index (χ3n) is 2.76. The van der Waals surface area contributed by atoms with E-state index in [4.69, 9.17) is 10.5 Å². The minimum atomic E-state index is -0.417. The SMILES string of the molecule is CCN(CC)c1nc(N)nc(Oc2cc(F)ccc2Br)n1. The van der Waals surface area contributed by atoms with E-state index in [9.17, 15) is 4.39 Å². The fourth-order valence-electron chi connectivity index (χ4n) is 1.71. The molecule has 2 N–H and O–H groups in total. The van der Waals surface area contributed by atoms with Gasteiger partial charge in [0.1, 0.15) is 11.6 Å². The van der Waals surface area contributed by atoms with Crippen molar-refractivity contribution in [3.05, 3.63) is 28.5 Å². The Morgan fingerprint density at radius 3 is 2.62 bits per heavy atom. The fraction of sp³-hybridized carbons (Fsp3) is 0.308. The van der Waals surface area contributed by atoms with E-state index >= 15 is 0 Å². The predicted molar refractivity (Wildman–Crippen MR) is 82.0 cm³/mol. The second kappa shape index (κ2) is 6.66. The van der Waals surface area contributed by atoms with E-state index in [1.54, 1.807) is 6.07 Å². The quantitative estimate of drug-likeness (QED) is 0.888. The Labute approximate surface area is 130 Å². The van der Waals surface area contributed by atoms with Crippen molar-refractivity contribution in [2.45, 2.75) is 13.8 Å². The maximum absolute atomic E-state index is 13.3. The second-order valence-electron chi connectivity index (χ2n) is 4.13. The summed E-state index contributed by atoms with van der Waals surface area (Å²) in [6.07, 6.45) is 0. The highest BCUT2D eigenvalue weighted by Gasteiger charge is 2.12. The molecule has 0 aliphatic heterocycles. The number of nitrogen functional groups attached to an aromatic ring is 1. The smallest absolute Gasteiger partial charge is 0.328 e. The predicted octanol–water partition coefficient (Wildman–Crippen LogP) is 2.99. The van der Waals surface area contributed by atoms with E-state index in [1.807, 2.05) is 18.7 Å². The van der Waals surface area contributed by atoms with E-state index in [0.29, 0.717) is 10.4 Å². The summed E-state index contributed by atoms with van der Waals surface area (Å²) in [5, 5.41) is 0. The minimum absolute atomic E-state index is 0.0238. The van der Waals surface area contributed by atoms with Crippen molar-refractivity contribution in [2.24, 2.45) is 0 Å². The lowest BCUT2D eigenvalue weighted by Crippen LogP contribution is -2.25. The van der Waals surface area contributed by atoms with Crippen LogP contribution in [0.25, 0.3) is 0 Å². The Hall–Kier alpha value is -1.96. The van der Waals surface area contributed by atoms with Gasteiger partial charge in [0, 0.05) is 19.2 Å². The van der Waals surface area contributed by atoms with Crippen molar-refractivity contribution in [3.8, 4) is 11.8 Å². The molecule has 112 valence electrons. The molecule has 1 heterocycles. The van der Waals surface area contributed by atoms with Crippen molar-refractivity contribution < 1.29 is 9.13 Å². The molecular formula is C13H15BrFN5O. The summed E-state index contributed by atoms with van der Waals surface area (Å²) >= 11 is 3.28. The molecule has 0 aliphatic carbocycles. The fourth-order valence-corrected chi connectivity index (χ4v) is 2.04. The molecule has 8 heteroatoms. The largest absolute Gasteiger partial charge is 0.423 e. The van der Waals surface area contributed by atoms with Crippen molar-refractivity contribution in [1.82, 2.24) is 15.0 Å². The molecule has 6 nitrogen and oxygen atoms in total. The summed E-state index contributed by atoms with van der Waals surface area (Å²) in [6.45, 7) is 5.41. The first-order valence-corrected chi connectivity index (χ1v) is 7.22. The van der Waals surface area contributed by atoms with Gasteiger partial charge in [-0.05, 0) is 41.9 Å². The number of nitrogens with two attached hydrogens (primary N) is 1. The van der Waals surface area contributed by atoms with Gasteiger partial charge in [-0.2, -0.15) is 15.0 Å². The average Bonchev–Trinajstić information content (AvgIpc) is 2.44. The number of hydrogen-bond acceptors (Lipinski definition) is 6. The molecule has 0 unspecified atom stereocenters. The lowest BCUT2D eigenvalue weighted by atomic mass is 10.3. The van der Waals surface area contributed by atoms with Crippen LogP contribution < -0.4 is 15.4 Å². The molecule has 0 saturated carbocycles. The molecule has 1 aromatic heterocycles. The van der Waals surface area contributed by atoms with Crippen molar-refractivity contribution in [2.75, 3.05) is 23.7 Å². The monoisotopic (exact) mass is 355 g/mol. The summed E-state index contributed by atoms with van der Waals surface area (Å²) in [5.74, 6) is 0.328. The first-order valence-electron chi connectivity index (χ1n) is 6.42. The number of ether oxygens (including phenoxy) is 1. The molecule has 0 fully saturated rings. The van der Waals surface area contributed by atoms with E-state index in [0.717, 1.165) is 13.1 Å². The number of hydrogen-bond donors (Lipinski definition) is 1. The van der Waals surface area contributed by atoms with Gasteiger partial charge >= 0.3 is 6.01 Å². The van der Waals surface area contributed by atoms with Gasteiger partial charge in [-0.1, -0.05) is 0 Å². The summed E-state index contributed by atoms with van der Waals surface area (Å²) in [4.78, 5) is 14.1. The Bertz CT molecular complexity index is 636. The minimum Gasteiger partial charge on any atom is -0.423 e. The number of nitrogens with zero attached hydrogens (tertiary/aromatic N) is 4. The highest BCUT2D eigenvalue weighted by atomic mass is 79.9. The van der Waals surface area contributed by atoms with Gasteiger partial charge in [-0.15, -0.1) is 0 Å². The number of rotatable bonds is 5. The Morgan fingerprint density at radius 1 is 1.24 bits per heavy atom. The first kappa shape index (κ1) is 15.4. The van der Waals surface area contributed by atoms with E-state index < -0.39 is 5.82 Å². The number of benzene rings is 1. The summed E-state index contributed by atoms with van der Waals surface area (Å²) in [5.41, 5.74) is 5.67. The van der Waals surface area contributed by atoms with Crippen molar-refractivity contribution >= 4 is 27.8 Å². The molecular weight excluding hydrogens is 341 g/mol. The van der Waals surface area contributed by atoms with Crippen LogP contribution in [0.4, 0.5) is 16.3 Å². The third-order valence-corrected chi connectivity index (χ3v) is 3.42. The molecule has 0 aliphatic rings. The zero-order valence-corrected chi connectivity index (χ0v) is 13.3. The maximum atomic E-state index is 13.3. The van der Waals surface area contributed by atoms with Gasteiger partial charge in [0.2, 0.25) is 11.9 Å². The van der Waals surface area contributed by atoms with Crippen LogP contribution in [0.5, 0.6) is 11.8 Å². The molecule has 21 heavy (non-hydrogen) atoms. The molecule has 0 atom stereocenters. The average molecular weight is 356 g/mol. The van der Waals surface area contributed by atoms with E-state index in [2.05, 4.69) is 30.9 Å². The van der Waals surface area contributed by atoms with Crippen LogP contribution in [0.15, 0.2) is 22.7 Å².